The third-order valence-corrected chi connectivity index (χ3v) is 2.57. The highest BCUT2D eigenvalue weighted by atomic mass is 15.3. The zero-order chi connectivity index (χ0) is 11.7. The number of rotatable bonds is 2. The monoisotopic (exact) mass is 224 g/mol. The Morgan fingerprint density at radius 1 is 1.00 bits per heavy atom. The molecule has 84 valence electrons. The minimum absolute atomic E-state index is 0.801. The Morgan fingerprint density at radius 2 is 1.88 bits per heavy atom. The highest BCUT2D eigenvalue weighted by Crippen LogP contribution is 2.17. The molecule has 0 saturated carbocycles. The summed E-state index contributed by atoms with van der Waals surface area (Å²) in [5.74, 6) is 1.61. The van der Waals surface area contributed by atoms with Crippen LogP contribution in [0.5, 0.6) is 0 Å². The Morgan fingerprint density at radius 3 is 2.71 bits per heavy atom. The molecular formula is C13H12N4. The first-order chi connectivity index (χ1) is 8.31. The zero-order valence-electron chi connectivity index (χ0n) is 9.46. The van der Waals surface area contributed by atoms with E-state index in [9.17, 15) is 0 Å². The van der Waals surface area contributed by atoms with E-state index in [4.69, 9.17) is 0 Å². The molecule has 0 unspecified atom stereocenters. The molecule has 0 amide bonds. The first-order valence-electron chi connectivity index (χ1n) is 5.44. The third-order valence-electron chi connectivity index (χ3n) is 2.57. The Balaban J connectivity index is 1.95. The van der Waals surface area contributed by atoms with Crippen LogP contribution < -0.4 is 5.32 Å². The Hall–Kier alpha value is -2.36. The van der Waals surface area contributed by atoms with Gasteiger partial charge in [-0.2, -0.15) is 5.10 Å². The van der Waals surface area contributed by atoms with Crippen molar-refractivity contribution < 1.29 is 0 Å². The van der Waals surface area contributed by atoms with Crippen molar-refractivity contribution in [1.82, 2.24) is 14.8 Å². The van der Waals surface area contributed by atoms with Gasteiger partial charge >= 0.3 is 0 Å². The van der Waals surface area contributed by atoms with Crippen molar-refractivity contribution in [2.24, 2.45) is 7.05 Å². The largest absolute Gasteiger partial charge is 0.323 e. The maximum atomic E-state index is 4.52. The van der Waals surface area contributed by atoms with Gasteiger partial charge in [0.1, 0.15) is 5.82 Å². The fourth-order valence-corrected chi connectivity index (χ4v) is 1.75. The van der Waals surface area contributed by atoms with Gasteiger partial charge in [0.15, 0.2) is 5.82 Å². The molecule has 2 heterocycles. The molecule has 2 aromatic heterocycles. The predicted molar refractivity (Wildman–Crippen MR) is 68.2 cm³/mol. The molecule has 0 fully saturated rings. The number of aryl methyl sites for hydroxylation is 1. The smallest absolute Gasteiger partial charge is 0.153 e. The van der Waals surface area contributed by atoms with Gasteiger partial charge in [-0.25, -0.2) is 4.98 Å². The summed E-state index contributed by atoms with van der Waals surface area (Å²) in [7, 11) is 1.89. The molecule has 3 aromatic rings. The molecule has 1 N–H and O–H groups in total. The topological polar surface area (TPSA) is 42.7 Å². The number of nitrogens with one attached hydrogen (secondary N) is 1. The van der Waals surface area contributed by atoms with Crippen LogP contribution >= 0.6 is 0 Å². The van der Waals surface area contributed by atoms with E-state index >= 15 is 0 Å². The molecule has 3 rings (SSSR count). The van der Waals surface area contributed by atoms with Crippen molar-refractivity contribution in [3.63, 3.8) is 0 Å². The third kappa shape index (κ3) is 1.97. The summed E-state index contributed by atoms with van der Waals surface area (Å²) in [6, 6.07) is 14.0. The normalized spacial score (nSPS) is 10.6. The number of nitrogens with zero attached hydrogens (tertiary/aromatic N) is 3. The lowest BCUT2D eigenvalue weighted by molar-refractivity contribution is 0.771. The molecule has 0 saturated heterocycles. The molecule has 0 aliphatic rings. The minimum atomic E-state index is 0.801. The second-order valence-corrected chi connectivity index (χ2v) is 3.89. The van der Waals surface area contributed by atoms with E-state index in [1.165, 1.54) is 0 Å². The second kappa shape index (κ2) is 3.90. The highest BCUT2D eigenvalue weighted by Gasteiger charge is 2.00. The van der Waals surface area contributed by atoms with Crippen molar-refractivity contribution in [3.05, 3.63) is 48.7 Å². The van der Waals surface area contributed by atoms with Crippen molar-refractivity contribution in [2.75, 3.05) is 5.32 Å². The van der Waals surface area contributed by atoms with Gasteiger partial charge in [-0.05, 0) is 18.2 Å². The van der Waals surface area contributed by atoms with Gasteiger partial charge in [0, 0.05) is 24.7 Å². The predicted octanol–water partition coefficient (Wildman–Crippen LogP) is 2.71. The summed E-state index contributed by atoms with van der Waals surface area (Å²) < 4.78 is 1.75. The number of anilines is 2. The number of pyridine rings is 1. The molecule has 17 heavy (non-hydrogen) atoms. The van der Waals surface area contributed by atoms with Crippen LogP contribution in [0, 0.1) is 0 Å². The maximum Gasteiger partial charge on any atom is 0.153 e. The molecule has 1 aromatic carbocycles. The Kier molecular flexibility index (Phi) is 2.26. The van der Waals surface area contributed by atoms with Crippen LogP contribution in [0.4, 0.5) is 11.6 Å². The van der Waals surface area contributed by atoms with Crippen molar-refractivity contribution >= 4 is 22.5 Å². The van der Waals surface area contributed by atoms with E-state index in [-0.39, 0.29) is 0 Å². The van der Waals surface area contributed by atoms with E-state index in [1.807, 2.05) is 55.7 Å². The molecule has 0 radical (unpaired) electrons. The molecule has 0 atom stereocenters. The van der Waals surface area contributed by atoms with Crippen molar-refractivity contribution in [1.29, 1.82) is 0 Å². The molecule has 4 nitrogen and oxygen atoms in total. The van der Waals surface area contributed by atoms with Crippen LogP contribution in [0.3, 0.4) is 0 Å². The van der Waals surface area contributed by atoms with Gasteiger partial charge < -0.3 is 5.32 Å². The summed E-state index contributed by atoms with van der Waals surface area (Å²) in [6.45, 7) is 0. The van der Waals surface area contributed by atoms with E-state index in [0.29, 0.717) is 0 Å². The van der Waals surface area contributed by atoms with Crippen molar-refractivity contribution in [3.8, 4) is 0 Å². The molecule has 0 aliphatic carbocycles. The summed E-state index contributed by atoms with van der Waals surface area (Å²) in [6.07, 6.45) is 1.89. The maximum absolute atomic E-state index is 4.52. The zero-order valence-corrected chi connectivity index (χ0v) is 9.46. The van der Waals surface area contributed by atoms with Crippen LogP contribution in [0.2, 0.25) is 0 Å². The van der Waals surface area contributed by atoms with E-state index in [2.05, 4.69) is 15.4 Å². The van der Waals surface area contributed by atoms with Crippen molar-refractivity contribution in [2.45, 2.75) is 0 Å². The van der Waals surface area contributed by atoms with E-state index in [1.54, 1.807) is 4.68 Å². The molecule has 0 aliphatic heterocycles. The number of hydrogen-bond donors (Lipinski definition) is 1. The van der Waals surface area contributed by atoms with Gasteiger partial charge in [0.2, 0.25) is 0 Å². The summed E-state index contributed by atoms with van der Waals surface area (Å²) in [4.78, 5) is 4.52. The van der Waals surface area contributed by atoms with Crippen LogP contribution in [0.1, 0.15) is 0 Å². The average Bonchev–Trinajstić information content (AvgIpc) is 2.75. The van der Waals surface area contributed by atoms with E-state index in [0.717, 1.165) is 22.5 Å². The second-order valence-electron chi connectivity index (χ2n) is 3.89. The quantitative estimate of drug-likeness (QED) is 0.727. The fraction of sp³-hybridized carbons (Fsp3) is 0.0769. The summed E-state index contributed by atoms with van der Waals surface area (Å²) in [5.41, 5.74) is 0.980. The number of fused-ring (bicyclic) bond motifs is 1. The summed E-state index contributed by atoms with van der Waals surface area (Å²) in [5, 5.41) is 8.56. The molecular weight excluding hydrogens is 212 g/mol. The summed E-state index contributed by atoms with van der Waals surface area (Å²) >= 11 is 0. The number of aromatic nitrogens is 3. The van der Waals surface area contributed by atoms with Crippen LogP contribution in [0.15, 0.2) is 48.7 Å². The SMILES string of the molecule is Cn1ccc(Nc2ccc3ccccc3n2)n1. The van der Waals surface area contributed by atoms with Gasteiger partial charge in [-0.1, -0.05) is 18.2 Å². The van der Waals surface area contributed by atoms with Crippen LogP contribution in [-0.4, -0.2) is 14.8 Å². The average molecular weight is 224 g/mol. The lowest BCUT2D eigenvalue weighted by Crippen LogP contribution is -1.95. The van der Waals surface area contributed by atoms with Gasteiger partial charge in [-0.3, -0.25) is 4.68 Å². The molecule has 4 heteroatoms. The fourth-order valence-electron chi connectivity index (χ4n) is 1.75. The number of para-hydroxylation sites is 1. The van der Waals surface area contributed by atoms with Crippen LogP contribution in [-0.2, 0) is 7.05 Å². The number of hydrogen-bond acceptors (Lipinski definition) is 3. The Bertz CT molecular complexity index is 657. The molecule has 0 spiro atoms. The Labute approximate surface area is 98.9 Å². The highest BCUT2D eigenvalue weighted by molar-refractivity contribution is 5.80. The van der Waals surface area contributed by atoms with Crippen LogP contribution in [0.25, 0.3) is 10.9 Å². The lowest BCUT2D eigenvalue weighted by Gasteiger charge is -2.03. The minimum Gasteiger partial charge on any atom is -0.323 e. The van der Waals surface area contributed by atoms with Gasteiger partial charge in [0.05, 0.1) is 5.52 Å². The standard InChI is InChI=1S/C13H12N4/c1-17-9-8-13(16-17)15-12-7-6-10-4-2-3-5-11(10)14-12/h2-9H,1H3,(H,14,15,16). The first-order valence-corrected chi connectivity index (χ1v) is 5.44. The van der Waals surface area contributed by atoms with Gasteiger partial charge in [0.25, 0.3) is 0 Å². The first kappa shape index (κ1) is 9.84. The molecule has 0 bridgehead atoms. The lowest BCUT2D eigenvalue weighted by atomic mass is 10.2. The van der Waals surface area contributed by atoms with E-state index < -0.39 is 0 Å². The van der Waals surface area contributed by atoms with Gasteiger partial charge in [-0.15, -0.1) is 0 Å². The number of benzene rings is 1.